The minimum absolute atomic E-state index is 0.187. The molecule has 1 heterocycles. The van der Waals surface area contributed by atoms with Crippen molar-refractivity contribution in [3.63, 3.8) is 0 Å². The summed E-state index contributed by atoms with van der Waals surface area (Å²) in [4.78, 5) is 0. The van der Waals surface area contributed by atoms with Gasteiger partial charge < -0.3 is 0 Å². The van der Waals surface area contributed by atoms with Gasteiger partial charge in [0.25, 0.3) is 0 Å². The van der Waals surface area contributed by atoms with E-state index in [0.717, 1.165) is 10.9 Å². The number of hydrogen-bond acceptors (Lipinski definition) is 3. The molecule has 0 spiro atoms. The molecule has 2 nitrogen and oxygen atoms in total. The topological polar surface area (TPSA) is 38.0 Å². The first-order valence-corrected chi connectivity index (χ1v) is 6.76. The highest BCUT2D eigenvalue weighted by molar-refractivity contribution is 9.10. The Balaban J connectivity index is 2.10. The number of nitrogens with one attached hydrogen (secondary N) is 1. The lowest BCUT2D eigenvalue weighted by atomic mass is 10.0. The lowest BCUT2D eigenvalue weighted by Crippen LogP contribution is -2.29. The van der Waals surface area contributed by atoms with Crippen LogP contribution in [0.15, 0.2) is 45.6 Å². The smallest absolute Gasteiger partial charge is 0.0508 e. The van der Waals surface area contributed by atoms with Crippen molar-refractivity contribution in [2.45, 2.75) is 12.5 Å². The highest BCUT2D eigenvalue weighted by atomic mass is 79.9. The van der Waals surface area contributed by atoms with Crippen LogP contribution >= 0.6 is 27.3 Å². The van der Waals surface area contributed by atoms with Crippen molar-refractivity contribution >= 4 is 27.3 Å². The maximum atomic E-state index is 5.59. The van der Waals surface area contributed by atoms with Gasteiger partial charge in [-0.1, -0.05) is 28.1 Å². The van der Waals surface area contributed by atoms with Crippen LogP contribution in [0.4, 0.5) is 0 Å². The first kappa shape index (κ1) is 11.8. The molecule has 1 aromatic heterocycles. The van der Waals surface area contributed by atoms with E-state index in [-0.39, 0.29) is 6.04 Å². The van der Waals surface area contributed by atoms with Crippen LogP contribution in [0.2, 0.25) is 0 Å². The maximum absolute atomic E-state index is 5.59. The lowest BCUT2D eigenvalue weighted by Gasteiger charge is -2.14. The van der Waals surface area contributed by atoms with Gasteiger partial charge in [0, 0.05) is 4.47 Å². The van der Waals surface area contributed by atoms with Gasteiger partial charge in [-0.05, 0) is 46.5 Å². The molecule has 4 heteroatoms. The molecule has 0 aliphatic heterocycles. The number of thiophene rings is 1. The number of rotatable bonds is 4. The van der Waals surface area contributed by atoms with Crippen LogP contribution in [-0.2, 0) is 6.42 Å². The van der Waals surface area contributed by atoms with Crippen LogP contribution in [0.25, 0.3) is 0 Å². The Labute approximate surface area is 108 Å². The molecule has 0 saturated heterocycles. The van der Waals surface area contributed by atoms with Gasteiger partial charge >= 0.3 is 0 Å². The fraction of sp³-hybridized carbons (Fsp3) is 0.167. The number of hydrogen-bond donors (Lipinski definition) is 2. The zero-order valence-electron chi connectivity index (χ0n) is 8.69. The van der Waals surface area contributed by atoms with Crippen molar-refractivity contribution in [3.8, 4) is 0 Å². The predicted molar refractivity (Wildman–Crippen MR) is 72.2 cm³/mol. The van der Waals surface area contributed by atoms with Crippen molar-refractivity contribution in [3.05, 3.63) is 56.7 Å². The largest absolute Gasteiger partial charge is 0.271 e. The predicted octanol–water partition coefficient (Wildman–Crippen LogP) is 3.26. The average molecular weight is 297 g/mol. The minimum atomic E-state index is 0.187. The fourth-order valence-electron chi connectivity index (χ4n) is 1.60. The molecular formula is C12H13BrN2S. The average Bonchev–Trinajstić information content (AvgIpc) is 2.82. The lowest BCUT2D eigenvalue weighted by molar-refractivity contribution is 0.553. The van der Waals surface area contributed by atoms with E-state index >= 15 is 0 Å². The molecule has 0 fully saturated rings. The number of hydrazine groups is 1. The van der Waals surface area contributed by atoms with Crippen LogP contribution in [0.1, 0.15) is 17.2 Å². The second-order valence-electron chi connectivity index (χ2n) is 3.61. The fourth-order valence-corrected chi connectivity index (χ4v) is 2.58. The summed E-state index contributed by atoms with van der Waals surface area (Å²) in [5, 5.41) is 4.20. The molecule has 84 valence electrons. The van der Waals surface area contributed by atoms with E-state index in [1.165, 1.54) is 11.1 Å². The summed E-state index contributed by atoms with van der Waals surface area (Å²) in [7, 11) is 0. The van der Waals surface area contributed by atoms with Crippen molar-refractivity contribution < 1.29 is 0 Å². The van der Waals surface area contributed by atoms with Crippen LogP contribution in [0, 0.1) is 0 Å². The van der Waals surface area contributed by atoms with Crippen molar-refractivity contribution in [1.29, 1.82) is 0 Å². The molecule has 0 aliphatic carbocycles. The van der Waals surface area contributed by atoms with Crippen LogP contribution in [0.5, 0.6) is 0 Å². The van der Waals surface area contributed by atoms with E-state index < -0.39 is 0 Å². The van der Waals surface area contributed by atoms with Gasteiger partial charge in [-0.25, -0.2) is 0 Å². The summed E-state index contributed by atoms with van der Waals surface area (Å²) in [6.07, 6.45) is 0.903. The van der Waals surface area contributed by atoms with E-state index in [2.05, 4.69) is 62.4 Å². The Morgan fingerprint density at radius 3 is 2.56 bits per heavy atom. The molecule has 0 radical (unpaired) electrons. The number of halogens is 1. The molecule has 1 atom stereocenters. The molecule has 16 heavy (non-hydrogen) atoms. The highest BCUT2D eigenvalue weighted by Gasteiger charge is 2.10. The number of nitrogens with two attached hydrogens (primary N) is 1. The molecular weight excluding hydrogens is 284 g/mol. The van der Waals surface area contributed by atoms with Gasteiger partial charge in [0.15, 0.2) is 0 Å². The second kappa shape index (κ2) is 5.59. The molecule has 3 N–H and O–H groups in total. The van der Waals surface area contributed by atoms with Crippen LogP contribution in [-0.4, -0.2) is 0 Å². The molecule has 1 unspecified atom stereocenters. The van der Waals surface area contributed by atoms with Crippen molar-refractivity contribution in [2.75, 3.05) is 0 Å². The van der Waals surface area contributed by atoms with Gasteiger partial charge in [0.05, 0.1) is 6.04 Å². The van der Waals surface area contributed by atoms with E-state index in [1.807, 2.05) is 0 Å². The van der Waals surface area contributed by atoms with Crippen molar-refractivity contribution in [1.82, 2.24) is 5.43 Å². The quantitative estimate of drug-likeness (QED) is 0.671. The SMILES string of the molecule is NNC(Cc1ccc(Br)cc1)c1ccsc1. The summed E-state index contributed by atoms with van der Waals surface area (Å²) in [6.45, 7) is 0. The first-order valence-electron chi connectivity index (χ1n) is 5.02. The van der Waals surface area contributed by atoms with E-state index in [1.54, 1.807) is 11.3 Å². The van der Waals surface area contributed by atoms with Gasteiger partial charge in [-0.3, -0.25) is 11.3 Å². The van der Waals surface area contributed by atoms with E-state index in [9.17, 15) is 0 Å². The summed E-state index contributed by atoms with van der Waals surface area (Å²) >= 11 is 5.12. The third-order valence-corrected chi connectivity index (χ3v) is 3.73. The maximum Gasteiger partial charge on any atom is 0.0508 e. The van der Waals surface area contributed by atoms with Crippen LogP contribution in [0.3, 0.4) is 0 Å². The van der Waals surface area contributed by atoms with Crippen LogP contribution < -0.4 is 11.3 Å². The zero-order valence-corrected chi connectivity index (χ0v) is 11.1. The van der Waals surface area contributed by atoms with Gasteiger partial charge in [0.1, 0.15) is 0 Å². The van der Waals surface area contributed by atoms with Crippen molar-refractivity contribution in [2.24, 2.45) is 5.84 Å². The summed E-state index contributed by atoms with van der Waals surface area (Å²) in [5.41, 5.74) is 5.38. The Kier molecular flexibility index (Phi) is 4.12. The van der Waals surface area contributed by atoms with E-state index in [0.29, 0.717) is 0 Å². The van der Waals surface area contributed by atoms with Gasteiger partial charge in [-0.15, -0.1) is 0 Å². The minimum Gasteiger partial charge on any atom is -0.271 e. The third-order valence-electron chi connectivity index (χ3n) is 2.50. The van der Waals surface area contributed by atoms with Gasteiger partial charge in [0.2, 0.25) is 0 Å². The first-order chi connectivity index (χ1) is 7.79. The molecule has 0 bridgehead atoms. The van der Waals surface area contributed by atoms with E-state index in [4.69, 9.17) is 5.84 Å². The molecule has 1 aromatic carbocycles. The Hall–Kier alpha value is -0.680. The molecule has 0 aliphatic rings. The Bertz CT molecular complexity index is 425. The summed E-state index contributed by atoms with van der Waals surface area (Å²) in [5.74, 6) is 5.59. The zero-order chi connectivity index (χ0) is 11.4. The third kappa shape index (κ3) is 2.92. The second-order valence-corrected chi connectivity index (χ2v) is 5.30. The number of benzene rings is 1. The Morgan fingerprint density at radius 2 is 2.00 bits per heavy atom. The molecule has 2 aromatic rings. The summed E-state index contributed by atoms with van der Waals surface area (Å²) in [6, 6.07) is 10.6. The normalized spacial score (nSPS) is 12.6. The monoisotopic (exact) mass is 296 g/mol. The highest BCUT2D eigenvalue weighted by Crippen LogP contribution is 2.21. The molecule has 0 amide bonds. The summed E-state index contributed by atoms with van der Waals surface area (Å²) < 4.78 is 1.10. The molecule has 2 rings (SSSR count). The standard InChI is InChI=1S/C12H13BrN2S/c13-11-3-1-9(2-4-11)7-12(15-14)10-5-6-16-8-10/h1-6,8,12,15H,7,14H2. The Morgan fingerprint density at radius 1 is 1.25 bits per heavy atom. The molecule has 0 saturated carbocycles. The van der Waals surface area contributed by atoms with Gasteiger partial charge in [-0.2, -0.15) is 11.3 Å².